The van der Waals surface area contributed by atoms with E-state index in [4.69, 9.17) is 14.2 Å². The molecule has 156 valence electrons. The first kappa shape index (κ1) is 21.2. The van der Waals surface area contributed by atoms with Crippen molar-refractivity contribution in [2.75, 3.05) is 27.4 Å². The summed E-state index contributed by atoms with van der Waals surface area (Å²) < 4.78 is 16.3. The van der Waals surface area contributed by atoms with Crippen molar-refractivity contribution < 1.29 is 19.0 Å². The summed E-state index contributed by atoms with van der Waals surface area (Å²) in [4.78, 5) is 12.2. The lowest BCUT2D eigenvalue weighted by molar-refractivity contribution is -0.123. The van der Waals surface area contributed by atoms with Crippen molar-refractivity contribution in [2.24, 2.45) is 0 Å². The van der Waals surface area contributed by atoms with Crippen LogP contribution in [0.5, 0.6) is 17.2 Å². The van der Waals surface area contributed by atoms with E-state index in [0.717, 1.165) is 23.3 Å². The van der Waals surface area contributed by atoms with Gasteiger partial charge in [0.2, 0.25) is 0 Å². The highest BCUT2D eigenvalue weighted by Crippen LogP contribution is 2.27. The number of hydrogen-bond acceptors (Lipinski definition) is 4. The maximum Gasteiger partial charge on any atom is 0.257 e. The van der Waals surface area contributed by atoms with E-state index in [2.05, 4.69) is 17.4 Å². The maximum atomic E-state index is 12.2. The fraction of sp³-hybridized carbons (Fsp3) is 0.240. The highest BCUT2D eigenvalue weighted by atomic mass is 16.5. The molecule has 0 aliphatic heterocycles. The molecular weight excluding hydrogens is 378 g/mol. The Bertz CT molecular complexity index is 956. The second kappa shape index (κ2) is 10.9. The van der Waals surface area contributed by atoms with E-state index in [-0.39, 0.29) is 12.5 Å². The van der Waals surface area contributed by atoms with Crippen molar-refractivity contribution in [3.05, 3.63) is 89.5 Å². The van der Waals surface area contributed by atoms with E-state index in [9.17, 15) is 4.79 Å². The minimum absolute atomic E-state index is 0.0161. The molecule has 0 aliphatic carbocycles. The molecule has 0 bridgehead atoms. The lowest BCUT2D eigenvalue weighted by Crippen LogP contribution is -2.30. The van der Waals surface area contributed by atoms with Gasteiger partial charge in [0.25, 0.3) is 5.91 Å². The first-order valence-corrected chi connectivity index (χ1v) is 9.92. The SMILES string of the molecule is COc1ccc(CCNC(=O)COc2ccccc2Cc2ccccc2)cc1OC. The van der Waals surface area contributed by atoms with Gasteiger partial charge < -0.3 is 19.5 Å². The molecular formula is C25H27NO4. The molecule has 0 heterocycles. The van der Waals surface area contributed by atoms with Gasteiger partial charge in [-0.05, 0) is 41.3 Å². The van der Waals surface area contributed by atoms with Crippen LogP contribution in [0, 0.1) is 0 Å². The number of methoxy groups -OCH3 is 2. The van der Waals surface area contributed by atoms with Gasteiger partial charge >= 0.3 is 0 Å². The molecule has 0 saturated heterocycles. The quantitative estimate of drug-likeness (QED) is 0.553. The summed E-state index contributed by atoms with van der Waals surface area (Å²) in [5.41, 5.74) is 3.32. The molecule has 1 amide bonds. The third-order valence-electron chi connectivity index (χ3n) is 4.75. The minimum Gasteiger partial charge on any atom is -0.493 e. The maximum absolute atomic E-state index is 12.2. The Morgan fingerprint density at radius 3 is 2.30 bits per heavy atom. The first-order valence-electron chi connectivity index (χ1n) is 9.92. The molecule has 0 radical (unpaired) electrons. The second-order valence-corrected chi connectivity index (χ2v) is 6.85. The molecule has 0 fully saturated rings. The first-order chi connectivity index (χ1) is 14.7. The lowest BCUT2D eigenvalue weighted by Gasteiger charge is -2.12. The fourth-order valence-corrected chi connectivity index (χ4v) is 3.18. The number of carbonyl (C=O) groups excluding carboxylic acids is 1. The van der Waals surface area contributed by atoms with E-state index >= 15 is 0 Å². The Hall–Kier alpha value is -3.47. The van der Waals surface area contributed by atoms with Gasteiger partial charge in [0.05, 0.1) is 14.2 Å². The van der Waals surface area contributed by atoms with Gasteiger partial charge in [0.15, 0.2) is 18.1 Å². The number of carbonyl (C=O) groups is 1. The van der Waals surface area contributed by atoms with E-state index < -0.39 is 0 Å². The molecule has 0 aromatic heterocycles. The summed E-state index contributed by atoms with van der Waals surface area (Å²) >= 11 is 0. The zero-order valence-electron chi connectivity index (χ0n) is 17.4. The van der Waals surface area contributed by atoms with Crippen molar-refractivity contribution in [3.8, 4) is 17.2 Å². The van der Waals surface area contributed by atoms with Crippen molar-refractivity contribution in [2.45, 2.75) is 12.8 Å². The third kappa shape index (κ3) is 6.01. The predicted molar refractivity (Wildman–Crippen MR) is 117 cm³/mol. The number of rotatable bonds is 10. The molecule has 3 rings (SSSR count). The number of ether oxygens (including phenoxy) is 3. The van der Waals surface area contributed by atoms with Gasteiger partial charge in [-0.3, -0.25) is 4.79 Å². The minimum atomic E-state index is -0.148. The third-order valence-corrected chi connectivity index (χ3v) is 4.75. The summed E-state index contributed by atoms with van der Waals surface area (Å²) in [6.07, 6.45) is 1.45. The lowest BCUT2D eigenvalue weighted by atomic mass is 10.0. The Kier molecular flexibility index (Phi) is 7.72. The topological polar surface area (TPSA) is 56.8 Å². The zero-order chi connectivity index (χ0) is 21.2. The molecule has 0 unspecified atom stereocenters. The average molecular weight is 405 g/mol. The number of benzene rings is 3. The molecule has 0 spiro atoms. The fourth-order valence-electron chi connectivity index (χ4n) is 3.18. The van der Waals surface area contributed by atoms with Gasteiger partial charge in [-0.15, -0.1) is 0 Å². The standard InChI is InChI=1S/C25H27NO4/c1-28-23-13-12-20(17-24(23)29-2)14-15-26-25(27)18-30-22-11-7-6-10-21(22)16-19-8-4-3-5-9-19/h3-13,17H,14-16,18H2,1-2H3,(H,26,27). The Morgan fingerprint density at radius 1 is 0.800 bits per heavy atom. The number of amides is 1. The van der Waals surface area contributed by atoms with Crippen molar-refractivity contribution in [1.29, 1.82) is 0 Å². The van der Waals surface area contributed by atoms with Crippen LogP contribution in [0.2, 0.25) is 0 Å². The number of para-hydroxylation sites is 1. The molecule has 5 nitrogen and oxygen atoms in total. The van der Waals surface area contributed by atoms with E-state index in [1.807, 2.05) is 60.7 Å². The van der Waals surface area contributed by atoms with Crippen LogP contribution in [0.4, 0.5) is 0 Å². The Morgan fingerprint density at radius 2 is 1.53 bits per heavy atom. The largest absolute Gasteiger partial charge is 0.493 e. The Labute approximate surface area is 177 Å². The van der Waals surface area contributed by atoms with Crippen LogP contribution in [0.25, 0.3) is 0 Å². The van der Waals surface area contributed by atoms with E-state index in [1.165, 1.54) is 5.56 Å². The number of hydrogen-bond donors (Lipinski definition) is 1. The van der Waals surface area contributed by atoms with E-state index in [1.54, 1.807) is 14.2 Å². The summed E-state index contributed by atoms with van der Waals surface area (Å²) in [6, 6.07) is 23.8. The smallest absolute Gasteiger partial charge is 0.257 e. The van der Waals surface area contributed by atoms with Crippen LogP contribution in [-0.2, 0) is 17.6 Å². The molecule has 0 aliphatic rings. The van der Waals surface area contributed by atoms with Crippen LogP contribution < -0.4 is 19.5 Å². The van der Waals surface area contributed by atoms with Gasteiger partial charge in [0, 0.05) is 13.0 Å². The van der Waals surface area contributed by atoms with E-state index in [0.29, 0.717) is 24.5 Å². The molecule has 3 aromatic rings. The van der Waals surface area contributed by atoms with Gasteiger partial charge in [-0.25, -0.2) is 0 Å². The molecule has 5 heteroatoms. The van der Waals surface area contributed by atoms with Gasteiger partial charge in [-0.1, -0.05) is 54.6 Å². The van der Waals surface area contributed by atoms with Crippen molar-refractivity contribution >= 4 is 5.91 Å². The van der Waals surface area contributed by atoms with Crippen molar-refractivity contribution in [3.63, 3.8) is 0 Å². The summed E-state index contributed by atoms with van der Waals surface area (Å²) in [5.74, 6) is 1.95. The molecule has 0 atom stereocenters. The van der Waals surface area contributed by atoms with Crippen LogP contribution in [0.15, 0.2) is 72.8 Å². The van der Waals surface area contributed by atoms with Crippen LogP contribution >= 0.6 is 0 Å². The monoisotopic (exact) mass is 405 g/mol. The second-order valence-electron chi connectivity index (χ2n) is 6.85. The van der Waals surface area contributed by atoms with Gasteiger partial charge in [-0.2, -0.15) is 0 Å². The van der Waals surface area contributed by atoms with Crippen LogP contribution in [0.3, 0.4) is 0 Å². The predicted octanol–water partition coefficient (Wildman–Crippen LogP) is 4.03. The molecule has 3 aromatic carbocycles. The highest BCUT2D eigenvalue weighted by Gasteiger charge is 2.08. The molecule has 30 heavy (non-hydrogen) atoms. The molecule has 1 N–H and O–H groups in total. The molecule has 0 saturated carbocycles. The number of nitrogens with one attached hydrogen (secondary N) is 1. The summed E-state index contributed by atoms with van der Waals surface area (Å²) in [6.45, 7) is 0.501. The van der Waals surface area contributed by atoms with Crippen molar-refractivity contribution in [1.82, 2.24) is 5.32 Å². The average Bonchev–Trinajstić information content (AvgIpc) is 2.79. The van der Waals surface area contributed by atoms with Crippen LogP contribution in [0.1, 0.15) is 16.7 Å². The summed E-state index contributed by atoms with van der Waals surface area (Å²) in [7, 11) is 3.21. The highest BCUT2D eigenvalue weighted by molar-refractivity contribution is 5.77. The normalized spacial score (nSPS) is 10.3. The summed E-state index contributed by atoms with van der Waals surface area (Å²) in [5, 5.41) is 2.90. The van der Waals surface area contributed by atoms with Crippen LogP contribution in [-0.4, -0.2) is 33.3 Å². The zero-order valence-corrected chi connectivity index (χ0v) is 17.4. The Balaban J connectivity index is 1.48. The van der Waals surface area contributed by atoms with Gasteiger partial charge in [0.1, 0.15) is 5.75 Å².